The number of carbonyl (C=O) groups is 2. The van der Waals surface area contributed by atoms with E-state index >= 15 is 0 Å². The predicted molar refractivity (Wildman–Crippen MR) is 113 cm³/mol. The number of amides is 1. The minimum atomic E-state index is -0.918. The summed E-state index contributed by atoms with van der Waals surface area (Å²) < 4.78 is 18.1. The van der Waals surface area contributed by atoms with Gasteiger partial charge in [-0.3, -0.25) is 4.79 Å². The van der Waals surface area contributed by atoms with Crippen LogP contribution in [0, 0.1) is 5.82 Å². The standard InChI is InChI=1S/C24H19FN2O3/c1-30-24(29)21(14-15-10-12-16(25)13-11-15)27-23(28)22-17-6-2-4-8-19(17)26-20-9-5-3-7-18(20)22/h2-13,21H,14H2,1H3,(H,27,28)/t21-/m1/s1. The molecule has 0 aliphatic heterocycles. The number of nitrogens with one attached hydrogen (secondary N) is 1. The molecule has 0 fully saturated rings. The van der Waals surface area contributed by atoms with Crippen molar-refractivity contribution in [2.24, 2.45) is 0 Å². The van der Waals surface area contributed by atoms with Crippen molar-refractivity contribution in [1.82, 2.24) is 10.3 Å². The van der Waals surface area contributed by atoms with Gasteiger partial charge in [0.1, 0.15) is 11.9 Å². The van der Waals surface area contributed by atoms with Crippen LogP contribution < -0.4 is 5.32 Å². The van der Waals surface area contributed by atoms with Crippen LogP contribution in [0.5, 0.6) is 0 Å². The quantitative estimate of drug-likeness (QED) is 0.404. The molecule has 4 rings (SSSR count). The van der Waals surface area contributed by atoms with Gasteiger partial charge in [-0.05, 0) is 29.8 Å². The Kier molecular flexibility index (Phi) is 5.39. The van der Waals surface area contributed by atoms with Crippen LogP contribution in [0.1, 0.15) is 15.9 Å². The molecule has 0 unspecified atom stereocenters. The van der Waals surface area contributed by atoms with Gasteiger partial charge in [0, 0.05) is 17.2 Å². The number of rotatable bonds is 5. The fourth-order valence-electron chi connectivity index (χ4n) is 3.51. The maximum absolute atomic E-state index is 13.3. The maximum atomic E-state index is 13.3. The number of halogens is 1. The average molecular weight is 402 g/mol. The first kappa shape index (κ1) is 19.5. The first-order valence-corrected chi connectivity index (χ1v) is 9.47. The predicted octanol–water partition coefficient (Wildman–Crippen LogP) is 4.04. The number of para-hydroxylation sites is 2. The number of benzene rings is 3. The van der Waals surface area contributed by atoms with Crippen LogP contribution in [-0.4, -0.2) is 30.0 Å². The second-order valence-electron chi connectivity index (χ2n) is 6.90. The van der Waals surface area contributed by atoms with Crippen molar-refractivity contribution >= 4 is 33.7 Å². The van der Waals surface area contributed by atoms with E-state index in [9.17, 15) is 14.0 Å². The molecule has 0 aliphatic rings. The fourth-order valence-corrected chi connectivity index (χ4v) is 3.51. The summed E-state index contributed by atoms with van der Waals surface area (Å²) in [4.78, 5) is 30.3. The summed E-state index contributed by atoms with van der Waals surface area (Å²) in [6.45, 7) is 0. The third-order valence-electron chi connectivity index (χ3n) is 4.96. The van der Waals surface area contributed by atoms with Crippen molar-refractivity contribution in [3.8, 4) is 0 Å². The first-order valence-electron chi connectivity index (χ1n) is 9.47. The van der Waals surface area contributed by atoms with Crippen molar-refractivity contribution < 1.29 is 18.7 Å². The number of fused-ring (bicyclic) bond motifs is 2. The highest BCUT2D eigenvalue weighted by Crippen LogP contribution is 2.26. The minimum Gasteiger partial charge on any atom is -0.467 e. The molecule has 4 aromatic rings. The molecule has 0 spiro atoms. The van der Waals surface area contributed by atoms with Crippen molar-refractivity contribution in [2.75, 3.05) is 7.11 Å². The minimum absolute atomic E-state index is 0.180. The Morgan fingerprint density at radius 1 is 0.933 bits per heavy atom. The van der Waals surface area contributed by atoms with Crippen LogP contribution in [0.4, 0.5) is 4.39 Å². The van der Waals surface area contributed by atoms with Crippen LogP contribution in [0.15, 0.2) is 72.8 Å². The molecule has 150 valence electrons. The monoisotopic (exact) mass is 402 g/mol. The van der Waals surface area contributed by atoms with Crippen LogP contribution in [0.25, 0.3) is 21.8 Å². The van der Waals surface area contributed by atoms with Crippen LogP contribution in [0.2, 0.25) is 0 Å². The van der Waals surface area contributed by atoms with Gasteiger partial charge < -0.3 is 10.1 Å². The number of methoxy groups -OCH3 is 1. The van der Waals surface area contributed by atoms with Gasteiger partial charge in [0.2, 0.25) is 0 Å². The van der Waals surface area contributed by atoms with Gasteiger partial charge in [-0.15, -0.1) is 0 Å². The number of hydrogen-bond donors (Lipinski definition) is 1. The van der Waals surface area contributed by atoms with Crippen molar-refractivity contribution in [1.29, 1.82) is 0 Å². The summed E-state index contributed by atoms with van der Waals surface area (Å²) in [5.41, 5.74) is 2.53. The molecular weight excluding hydrogens is 383 g/mol. The maximum Gasteiger partial charge on any atom is 0.328 e. The van der Waals surface area contributed by atoms with E-state index in [1.165, 1.54) is 19.2 Å². The van der Waals surface area contributed by atoms with Crippen molar-refractivity contribution in [2.45, 2.75) is 12.5 Å². The van der Waals surface area contributed by atoms with E-state index in [2.05, 4.69) is 10.3 Å². The van der Waals surface area contributed by atoms with Crippen LogP contribution in [0.3, 0.4) is 0 Å². The zero-order valence-corrected chi connectivity index (χ0v) is 16.3. The van der Waals surface area contributed by atoms with Gasteiger partial charge in [-0.25, -0.2) is 14.2 Å². The molecule has 0 saturated carbocycles. The smallest absolute Gasteiger partial charge is 0.328 e. The highest BCUT2D eigenvalue weighted by molar-refractivity contribution is 6.16. The molecule has 0 saturated heterocycles. The van der Waals surface area contributed by atoms with E-state index in [-0.39, 0.29) is 12.2 Å². The SMILES string of the molecule is COC(=O)[C@@H](Cc1ccc(F)cc1)NC(=O)c1c2ccccc2nc2ccccc12. The second kappa shape index (κ2) is 8.29. The Bertz CT molecular complexity index is 1180. The largest absolute Gasteiger partial charge is 0.467 e. The summed E-state index contributed by atoms with van der Waals surface area (Å²) in [6.07, 6.45) is 0.180. The lowest BCUT2D eigenvalue weighted by atomic mass is 10.0. The zero-order valence-electron chi connectivity index (χ0n) is 16.3. The molecule has 1 aromatic heterocycles. The van der Waals surface area contributed by atoms with Gasteiger partial charge in [-0.2, -0.15) is 0 Å². The van der Waals surface area contributed by atoms with Crippen LogP contribution in [-0.2, 0) is 16.0 Å². The number of carbonyl (C=O) groups excluding carboxylic acids is 2. The highest BCUT2D eigenvalue weighted by Gasteiger charge is 2.25. The molecule has 3 aromatic carbocycles. The zero-order chi connectivity index (χ0) is 21.1. The van der Waals surface area contributed by atoms with E-state index in [4.69, 9.17) is 4.74 Å². The molecule has 0 bridgehead atoms. The Morgan fingerprint density at radius 2 is 1.50 bits per heavy atom. The molecule has 0 aliphatic carbocycles. The van der Waals surface area contributed by atoms with Gasteiger partial charge in [0.15, 0.2) is 0 Å². The Labute approximate surface area is 172 Å². The number of ether oxygens (including phenoxy) is 1. The van der Waals surface area contributed by atoms with E-state index in [0.29, 0.717) is 32.9 Å². The topological polar surface area (TPSA) is 68.3 Å². The van der Waals surface area contributed by atoms with Gasteiger partial charge >= 0.3 is 5.97 Å². The van der Waals surface area contributed by atoms with E-state index in [0.717, 1.165) is 0 Å². The molecule has 30 heavy (non-hydrogen) atoms. The lowest BCUT2D eigenvalue weighted by Crippen LogP contribution is -2.43. The van der Waals surface area contributed by atoms with Gasteiger partial charge in [0.25, 0.3) is 5.91 Å². The molecule has 1 atom stereocenters. The van der Waals surface area contributed by atoms with Gasteiger partial charge in [0.05, 0.1) is 23.7 Å². The highest BCUT2D eigenvalue weighted by atomic mass is 19.1. The van der Waals surface area contributed by atoms with Crippen molar-refractivity contribution in [3.05, 3.63) is 89.7 Å². The Balaban J connectivity index is 1.74. The molecule has 1 heterocycles. The lowest BCUT2D eigenvalue weighted by molar-refractivity contribution is -0.142. The van der Waals surface area contributed by atoms with E-state index in [1.807, 2.05) is 48.5 Å². The Hall–Kier alpha value is -3.80. The van der Waals surface area contributed by atoms with E-state index < -0.39 is 17.9 Å². The molecule has 6 heteroatoms. The molecule has 0 radical (unpaired) electrons. The molecule has 5 nitrogen and oxygen atoms in total. The number of esters is 1. The average Bonchev–Trinajstić information content (AvgIpc) is 2.77. The third kappa shape index (κ3) is 3.85. The molecule has 1 N–H and O–H groups in total. The normalized spacial score (nSPS) is 11.9. The molecule has 1 amide bonds. The van der Waals surface area contributed by atoms with Gasteiger partial charge in [-0.1, -0.05) is 48.5 Å². The summed E-state index contributed by atoms with van der Waals surface area (Å²) in [7, 11) is 1.27. The summed E-state index contributed by atoms with van der Waals surface area (Å²) in [5.74, 6) is -1.34. The third-order valence-corrected chi connectivity index (χ3v) is 4.96. The summed E-state index contributed by atoms with van der Waals surface area (Å²) >= 11 is 0. The number of nitrogens with zero attached hydrogens (tertiary/aromatic N) is 1. The Morgan fingerprint density at radius 3 is 2.07 bits per heavy atom. The second-order valence-corrected chi connectivity index (χ2v) is 6.90. The first-order chi connectivity index (χ1) is 14.6. The van der Waals surface area contributed by atoms with Crippen molar-refractivity contribution in [3.63, 3.8) is 0 Å². The summed E-state index contributed by atoms with van der Waals surface area (Å²) in [5, 5.41) is 4.18. The number of hydrogen-bond acceptors (Lipinski definition) is 4. The fraction of sp³-hybridized carbons (Fsp3) is 0.125. The number of pyridine rings is 1. The van der Waals surface area contributed by atoms with Crippen LogP contribution >= 0.6 is 0 Å². The lowest BCUT2D eigenvalue weighted by Gasteiger charge is -2.18. The molecular formula is C24H19FN2O3. The number of aromatic nitrogens is 1. The summed E-state index contributed by atoms with van der Waals surface area (Å²) in [6, 6.07) is 19.6. The van der Waals surface area contributed by atoms with E-state index in [1.54, 1.807) is 12.1 Å².